The number of unbranched alkanes of at least 4 members (excludes halogenated alkanes) is 6. The zero-order valence-electron chi connectivity index (χ0n) is 22.7. The fourth-order valence-corrected chi connectivity index (χ4v) is 4.16. The summed E-state index contributed by atoms with van der Waals surface area (Å²) in [4.78, 5) is 12.6. The van der Waals surface area contributed by atoms with Crippen LogP contribution in [0.4, 0.5) is 0 Å². The van der Waals surface area contributed by atoms with Crippen molar-refractivity contribution < 1.29 is 19.0 Å². The first-order chi connectivity index (χ1) is 18.1. The van der Waals surface area contributed by atoms with E-state index in [1.165, 1.54) is 38.5 Å². The predicted molar refractivity (Wildman–Crippen MR) is 151 cm³/mol. The average molecular weight is 503 g/mol. The van der Waals surface area contributed by atoms with Gasteiger partial charge in [-0.25, -0.2) is 4.79 Å². The van der Waals surface area contributed by atoms with E-state index in [1.54, 1.807) is 12.1 Å². The molecule has 0 saturated carbocycles. The molecule has 0 heterocycles. The first-order valence-electron chi connectivity index (χ1n) is 13.9. The maximum atomic E-state index is 12.6. The average Bonchev–Trinajstić information content (AvgIpc) is 2.94. The smallest absolute Gasteiger partial charge is 0.343 e. The Balaban J connectivity index is 1.44. The zero-order chi connectivity index (χ0) is 26.3. The number of ether oxygens (including phenoxy) is 3. The van der Waals surface area contributed by atoms with Crippen LogP contribution in [0.3, 0.4) is 0 Å². The molecule has 0 fully saturated rings. The fourth-order valence-electron chi connectivity index (χ4n) is 4.16. The number of carbonyl (C=O) groups excluding carboxylic acids is 1. The van der Waals surface area contributed by atoms with Gasteiger partial charge in [0.05, 0.1) is 18.3 Å². The molecule has 4 heteroatoms. The first kappa shape index (κ1) is 28.5. The van der Waals surface area contributed by atoms with Crippen LogP contribution in [0, 0.1) is 0 Å². The Morgan fingerprint density at radius 3 is 1.84 bits per heavy atom. The Morgan fingerprint density at radius 2 is 1.22 bits per heavy atom. The van der Waals surface area contributed by atoms with E-state index in [2.05, 4.69) is 45.0 Å². The maximum absolute atomic E-state index is 12.6. The summed E-state index contributed by atoms with van der Waals surface area (Å²) in [5.41, 5.74) is 3.84. The number of hydrogen-bond donors (Lipinski definition) is 0. The summed E-state index contributed by atoms with van der Waals surface area (Å²) in [6.45, 7) is 7.90. The third-order valence-corrected chi connectivity index (χ3v) is 6.46. The van der Waals surface area contributed by atoms with Crippen molar-refractivity contribution in [2.24, 2.45) is 0 Å². The third-order valence-electron chi connectivity index (χ3n) is 6.46. The van der Waals surface area contributed by atoms with Gasteiger partial charge in [0.2, 0.25) is 0 Å². The van der Waals surface area contributed by atoms with Crippen LogP contribution in [-0.2, 0) is 4.74 Å². The largest absolute Gasteiger partial charge is 0.494 e. The van der Waals surface area contributed by atoms with Crippen molar-refractivity contribution in [1.29, 1.82) is 0 Å². The van der Waals surface area contributed by atoms with Crippen LogP contribution < -0.4 is 9.47 Å². The van der Waals surface area contributed by atoms with E-state index in [-0.39, 0.29) is 12.1 Å². The summed E-state index contributed by atoms with van der Waals surface area (Å²) in [7, 11) is 0. The molecule has 0 aliphatic rings. The summed E-state index contributed by atoms with van der Waals surface area (Å²) in [6.07, 6.45) is 9.89. The molecule has 3 rings (SSSR count). The Kier molecular flexibility index (Phi) is 12.2. The van der Waals surface area contributed by atoms with Crippen molar-refractivity contribution in [1.82, 2.24) is 0 Å². The van der Waals surface area contributed by atoms with Crippen LogP contribution in [0.15, 0.2) is 72.8 Å². The molecule has 0 N–H and O–H groups in total. The number of carbonyl (C=O) groups is 1. The molecule has 1 atom stereocenters. The third kappa shape index (κ3) is 9.70. The summed E-state index contributed by atoms with van der Waals surface area (Å²) >= 11 is 0. The molecular formula is C33H42O4. The summed E-state index contributed by atoms with van der Waals surface area (Å²) in [5, 5.41) is 0. The Bertz CT molecular complexity index is 1040. The number of benzene rings is 3. The van der Waals surface area contributed by atoms with Crippen molar-refractivity contribution in [2.45, 2.75) is 78.2 Å². The summed E-state index contributed by atoms with van der Waals surface area (Å²) < 4.78 is 17.2. The van der Waals surface area contributed by atoms with Gasteiger partial charge in [-0.3, -0.25) is 0 Å². The van der Waals surface area contributed by atoms with Gasteiger partial charge < -0.3 is 14.2 Å². The molecule has 0 radical (unpaired) electrons. The molecular weight excluding hydrogens is 460 g/mol. The molecule has 0 spiro atoms. The van der Waals surface area contributed by atoms with Gasteiger partial charge in [-0.1, -0.05) is 88.8 Å². The van der Waals surface area contributed by atoms with Crippen LogP contribution in [0.25, 0.3) is 11.1 Å². The van der Waals surface area contributed by atoms with Crippen LogP contribution in [0.5, 0.6) is 11.5 Å². The minimum absolute atomic E-state index is 0.0847. The maximum Gasteiger partial charge on any atom is 0.343 e. The van der Waals surface area contributed by atoms with Crippen molar-refractivity contribution in [3.05, 3.63) is 83.9 Å². The Labute approximate surface area is 223 Å². The van der Waals surface area contributed by atoms with Crippen molar-refractivity contribution >= 4 is 5.97 Å². The predicted octanol–water partition coefficient (Wildman–Crippen LogP) is 9.19. The summed E-state index contributed by atoms with van der Waals surface area (Å²) in [6, 6.07) is 23.2. The first-order valence-corrected chi connectivity index (χ1v) is 13.9. The highest BCUT2D eigenvalue weighted by molar-refractivity contribution is 5.91. The van der Waals surface area contributed by atoms with Crippen molar-refractivity contribution in [2.75, 3.05) is 13.2 Å². The molecule has 0 aliphatic heterocycles. The molecule has 4 nitrogen and oxygen atoms in total. The summed E-state index contributed by atoms with van der Waals surface area (Å²) in [5.74, 6) is 0.923. The van der Waals surface area contributed by atoms with Gasteiger partial charge in [0, 0.05) is 6.61 Å². The van der Waals surface area contributed by atoms with E-state index < -0.39 is 0 Å². The Hall–Kier alpha value is -3.11. The highest BCUT2D eigenvalue weighted by Crippen LogP contribution is 2.26. The lowest BCUT2D eigenvalue weighted by Gasteiger charge is -2.13. The number of esters is 1. The molecule has 0 bridgehead atoms. The lowest BCUT2D eigenvalue weighted by Crippen LogP contribution is -2.08. The lowest BCUT2D eigenvalue weighted by atomic mass is 10.0. The Morgan fingerprint density at radius 1 is 0.649 bits per heavy atom. The lowest BCUT2D eigenvalue weighted by molar-refractivity contribution is 0.0663. The minimum Gasteiger partial charge on any atom is -0.494 e. The molecule has 37 heavy (non-hydrogen) atoms. The van der Waals surface area contributed by atoms with Gasteiger partial charge in [-0.2, -0.15) is 0 Å². The van der Waals surface area contributed by atoms with Crippen molar-refractivity contribution in [3.8, 4) is 22.6 Å². The minimum atomic E-state index is -0.378. The topological polar surface area (TPSA) is 44.8 Å². The van der Waals surface area contributed by atoms with Gasteiger partial charge >= 0.3 is 5.97 Å². The monoisotopic (exact) mass is 502 g/mol. The molecule has 3 aromatic carbocycles. The zero-order valence-corrected chi connectivity index (χ0v) is 22.7. The van der Waals surface area contributed by atoms with Gasteiger partial charge in [-0.05, 0) is 72.9 Å². The van der Waals surface area contributed by atoms with E-state index in [9.17, 15) is 4.79 Å². The van der Waals surface area contributed by atoms with Crippen LogP contribution >= 0.6 is 0 Å². The van der Waals surface area contributed by atoms with Gasteiger partial charge in [0.15, 0.2) is 0 Å². The van der Waals surface area contributed by atoms with Crippen LogP contribution in [-0.4, -0.2) is 19.2 Å². The van der Waals surface area contributed by atoms with Gasteiger partial charge in [0.1, 0.15) is 11.5 Å². The van der Waals surface area contributed by atoms with Gasteiger partial charge in [0.25, 0.3) is 0 Å². The quantitative estimate of drug-likeness (QED) is 0.111. The number of rotatable bonds is 16. The molecule has 0 aromatic heterocycles. The fraction of sp³-hybridized carbons (Fsp3) is 0.424. The normalized spacial score (nSPS) is 11.8. The second kappa shape index (κ2) is 15.9. The highest BCUT2D eigenvalue weighted by Gasteiger charge is 2.10. The second-order valence-corrected chi connectivity index (χ2v) is 9.54. The van der Waals surface area contributed by atoms with E-state index in [0.717, 1.165) is 41.9 Å². The molecule has 3 aromatic rings. The molecule has 0 saturated heterocycles. The van der Waals surface area contributed by atoms with E-state index in [0.29, 0.717) is 17.9 Å². The van der Waals surface area contributed by atoms with E-state index in [1.807, 2.05) is 36.4 Å². The second-order valence-electron chi connectivity index (χ2n) is 9.54. The van der Waals surface area contributed by atoms with E-state index >= 15 is 0 Å². The van der Waals surface area contributed by atoms with Crippen molar-refractivity contribution in [3.63, 3.8) is 0 Å². The van der Waals surface area contributed by atoms with E-state index in [4.69, 9.17) is 14.2 Å². The highest BCUT2D eigenvalue weighted by atomic mass is 16.5. The number of hydrogen-bond acceptors (Lipinski definition) is 4. The molecule has 0 amide bonds. The van der Waals surface area contributed by atoms with Crippen LogP contribution in [0.1, 0.15) is 94.2 Å². The van der Waals surface area contributed by atoms with Crippen LogP contribution in [0.2, 0.25) is 0 Å². The molecule has 1 unspecified atom stereocenters. The molecule has 0 aliphatic carbocycles. The van der Waals surface area contributed by atoms with Gasteiger partial charge in [-0.15, -0.1) is 0 Å². The standard InChI is InChI=1S/C33H42O4/c1-4-6-7-8-9-10-11-25-36-31-20-18-30(19-21-31)33(34)37-32-22-16-29(17-23-32)28-14-12-27(13-15-28)26(3)35-24-5-2/h12-23,26H,4-11,24-25H2,1-3H3. The molecule has 198 valence electrons. The SMILES string of the molecule is CCCCCCCCCOc1ccc(C(=O)Oc2ccc(-c3ccc(C(C)OCCC)cc3)cc2)cc1.